The summed E-state index contributed by atoms with van der Waals surface area (Å²) < 4.78 is 1.06. The summed E-state index contributed by atoms with van der Waals surface area (Å²) in [5, 5.41) is 0. The molecule has 17 heavy (non-hydrogen) atoms. The second-order valence-corrected chi connectivity index (χ2v) is 5.57. The van der Waals surface area contributed by atoms with Crippen molar-refractivity contribution in [3.63, 3.8) is 0 Å². The highest BCUT2D eigenvalue weighted by molar-refractivity contribution is 9.10. The average Bonchev–Trinajstić information content (AvgIpc) is 2.27. The number of anilines is 1. The summed E-state index contributed by atoms with van der Waals surface area (Å²) in [6, 6.07) is 4.13. The van der Waals surface area contributed by atoms with Crippen LogP contribution in [0.15, 0.2) is 16.6 Å². The van der Waals surface area contributed by atoms with E-state index in [1.54, 1.807) is 0 Å². The fourth-order valence-electron chi connectivity index (χ4n) is 1.73. The maximum Gasteiger partial charge on any atom is 0.128 e. The van der Waals surface area contributed by atoms with Gasteiger partial charge in [-0.3, -0.25) is 0 Å². The van der Waals surface area contributed by atoms with E-state index in [0.717, 1.165) is 42.0 Å². The van der Waals surface area contributed by atoms with Gasteiger partial charge in [0.2, 0.25) is 0 Å². The van der Waals surface area contributed by atoms with Crippen molar-refractivity contribution in [2.45, 2.75) is 27.2 Å². The molecule has 0 aromatic carbocycles. The summed E-state index contributed by atoms with van der Waals surface area (Å²) >= 11 is 3.48. The number of halogens is 1. The average molecular weight is 300 g/mol. The molecule has 1 rings (SSSR count). The first kappa shape index (κ1) is 14.5. The molecule has 0 amide bonds. The Morgan fingerprint density at radius 1 is 1.41 bits per heavy atom. The van der Waals surface area contributed by atoms with Crippen molar-refractivity contribution in [1.82, 2.24) is 4.98 Å². The van der Waals surface area contributed by atoms with Crippen molar-refractivity contribution in [2.24, 2.45) is 11.7 Å². The molecule has 4 heteroatoms. The van der Waals surface area contributed by atoms with E-state index in [1.807, 2.05) is 6.92 Å². The van der Waals surface area contributed by atoms with Crippen LogP contribution in [0.4, 0.5) is 5.82 Å². The quantitative estimate of drug-likeness (QED) is 0.878. The van der Waals surface area contributed by atoms with E-state index in [4.69, 9.17) is 5.73 Å². The van der Waals surface area contributed by atoms with Gasteiger partial charge in [0, 0.05) is 17.6 Å². The second-order valence-electron chi connectivity index (χ2n) is 4.72. The van der Waals surface area contributed by atoms with Crippen LogP contribution in [-0.4, -0.2) is 24.6 Å². The van der Waals surface area contributed by atoms with E-state index in [0.29, 0.717) is 5.92 Å². The molecule has 0 aliphatic heterocycles. The standard InChI is InChI=1S/C13H22BrN3/c1-10(2)9-17(8-4-7-15)13-6-5-12(14)11(3)16-13/h5-6,10H,4,7-9,15H2,1-3H3. The van der Waals surface area contributed by atoms with Crippen molar-refractivity contribution in [2.75, 3.05) is 24.5 Å². The summed E-state index contributed by atoms with van der Waals surface area (Å²) in [4.78, 5) is 6.93. The number of aromatic nitrogens is 1. The highest BCUT2D eigenvalue weighted by Crippen LogP contribution is 2.20. The zero-order chi connectivity index (χ0) is 12.8. The number of aryl methyl sites for hydroxylation is 1. The Labute approximate surface area is 113 Å². The number of hydrogen-bond acceptors (Lipinski definition) is 3. The number of pyridine rings is 1. The van der Waals surface area contributed by atoms with Crippen LogP contribution in [0.1, 0.15) is 26.0 Å². The fourth-order valence-corrected chi connectivity index (χ4v) is 1.95. The zero-order valence-electron chi connectivity index (χ0n) is 10.9. The van der Waals surface area contributed by atoms with Crippen molar-refractivity contribution in [3.05, 3.63) is 22.3 Å². The van der Waals surface area contributed by atoms with Gasteiger partial charge in [-0.25, -0.2) is 4.98 Å². The van der Waals surface area contributed by atoms with Gasteiger partial charge in [0.05, 0.1) is 5.69 Å². The maximum absolute atomic E-state index is 5.59. The lowest BCUT2D eigenvalue weighted by Crippen LogP contribution is -2.30. The monoisotopic (exact) mass is 299 g/mol. The van der Waals surface area contributed by atoms with Crippen LogP contribution in [0.5, 0.6) is 0 Å². The van der Waals surface area contributed by atoms with Crippen LogP contribution < -0.4 is 10.6 Å². The van der Waals surface area contributed by atoms with E-state index < -0.39 is 0 Å². The fraction of sp³-hybridized carbons (Fsp3) is 0.615. The molecule has 0 aliphatic rings. The van der Waals surface area contributed by atoms with Crippen LogP contribution in [0, 0.1) is 12.8 Å². The third kappa shape index (κ3) is 4.64. The van der Waals surface area contributed by atoms with E-state index in [-0.39, 0.29) is 0 Å². The Hall–Kier alpha value is -0.610. The number of nitrogens with zero attached hydrogens (tertiary/aromatic N) is 2. The molecule has 1 aromatic heterocycles. The predicted octanol–water partition coefficient (Wildman–Crippen LogP) is 2.96. The Morgan fingerprint density at radius 2 is 2.12 bits per heavy atom. The third-order valence-corrected chi connectivity index (χ3v) is 3.39. The van der Waals surface area contributed by atoms with Gasteiger partial charge >= 0.3 is 0 Å². The molecule has 0 radical (unpaired) electrons. The predicted molar refractivity (Wildman–Crippen MR) is 77.4 cm³/mol. The van der Waals surface area contributed by atoms with Gasteiger partial charge in [-0.05, 0) is 53.9 Å². The van der Waals surface area contributed by atoms with Gasteiger partial charge in [-0.1, -0.05) is 13.8 Å². The number of hydrogen-bond donors (Lipinski definition) is 1. The third-order valence-electron chi connectivity index (χ3n) is 2.55. The highest BCUT2D eigenvalue weighted by Gasteiger charge is 2.10. The van der Waals surface area contributed by atoms with Crippen molar-refractivity contribution < 1.29 is 0 Å². The summed E-state index contributed by atoms with van der Waals surface area (Å²) in [7, 11) is 0. The molecule has 0 bridgehead atoms. The summed E-state index contributed by atoms with van der Waals surface area (Å²) in [5.74, 6) is 1.67. The van der Waals surface area contributed by atoms with E-state index in [9.17, 15) is 0 Å². The molecule has 0 saturated carbocycles. The number of nitrogens with two attached hydrogens (primary N) is 1. The Kier molecular flexibility index (Phi) is 5.92. The zero-order valence-corrected chi connectivity index (χ0v) is 12.5. The summed E-state index contributed by atoms with van der Waals surface area (Å²) in [5.41, 5.74) is 6.62. The van der Waals surface area contributed by atoms with Crippen LogP contribution in [0.2, 0.25) is 0 Å². The molecule has 1 aromatic rings. The second kappa shape index (κ2) is 6.97. The molecule has 2 N–H and O–H groups in total. The Bertz CT molecular complexity index is 353. The summed E-state index contributed by atoms with van der Waals surface area (Å²) in [6.45, 7) is 9.19. The largest absolute Gasteiger partial charge is 0.356 e. The minimum Gasteiger partial charge on any atom is -0.356 e. The maximum atomic E-state index is 5.59. The first-order valence-electron chi connectivity index (χ1n) is 6.12. The van der Waals surface area contributed by atoms with Gasteiger partial charge < -0.3 is 10.6 Å². The van der Waals surface area contributed by atoms with Crippen molar-refractivity contribution >= 4 is 21.7 Å². The molecule has 0 unspecified atom stereocenters. The Balaban J connectivity index is 2.83. The lowest BCUT2D eigenvalue weighted by Gasteiger charge is -2.26. The van der Waals surface area contributed by atoms with Crippen molar-refractivity contribution in [1.29, 1.82) is 0 Å². The number of rotatable bonds is 6. The highest BCUT2D eigenvalue weighted by atomic mass is 79.9. The lowest BCUT2D eigenvalue weighted by molar-refractivity contribution is 0.596. The molecule has 1 heterocycles. The Morgan fingerprint density at radius 3 is 2.65 bits per heavy atom. The molecule has 0 aliphatic carbocycles. The summed E-state index contributed by atoms with van der Waals surface area (Å²) in [6.07, 6.45) is 1.00. The van der Waals surface area contributed by atoms with E-state index >= 15 is 0 Å². The molecular formula is C13H22BrN3. The molecule has 0 spiro atoms. The van der Waals surface area contributed by atoms with E-state index in [1.165, 1.54) is 0 Å². The normalized spacial score (nSPS) is 10.9. The van der Waals surface area contributed by atoms with Gasteiger partial charge in [0.1, 0.15) is 5.82 Å². The first-order chi connectivity index (χ1) is 8.04. The minimum atomic E-state index is 0.624. The molecule has 0 atom stereocenters. The van der Waals surface area contributed by atoms with E-state index in [2.05, 4.69) is 51.8 Å². The lowest BCUT2D eigenvalue weighted by atomic mass is 10.2. The molecular weight excluding hydrogens is 278 g/mol. The van der Waals surface area contributed by atoms with Gasteiger partial charge in [-0.15, -0.1) is 0 Å². The smallest absolute Gasteiger partial charge is 0.128 e. The SMILES string of the molecule is Cc1nc(N(CCCN)CC(C)C)ccc1Br. The van der Waals surface area contributed by atoms with Crippen LogP contribution >= 0.6 is 15.9 Å². The van der Waals surface area contributed by atoms with Gasteiger partial charge in [-0.2, -0.15) is 0 Å². The topological polar surface area (TPSA) is 42.2 Å². The van der Waals surface area contributed by atoms with Gasteiger partial charge in [0.15, 0.2) is 0 Å². The molecule has 3 nitrogen and oxygen atoms in total. The van der Waals surface area contributed by atoms with Crippen LogP contribution in [0.25, 0.3) is 0 Å². The van der Waals surface area contributed by atoms with Crippen LogP contribution in [-0.2, 0) is 0 Å². The minimum absolute atomic E-state index is 0.624. The van der Waals surface area contributed by atoms with Crippen LogP contribution in [0.3, 0.4) is 0 Å². The molecule has 96 valence electrons. The molecule has 0 fully saturated rings. The van der Waals surface area contributed by atoms with Gasteiger partial charge in [0.25, 0.3) is 0 Å². The molecule has 0 saturated heterocycles. The first-order valence-corrected chi connectivity index (χ1v) is 6.92. The van der Waals surface area contributed by atoms with Crippen molar-refractivity contribution in [3.8, 4) is 0 Å².